The first-order valence-corrected chi connectivity index (χ1v) is 5.88. The van der Waals surface area contributed by atoms with Crippen molar-refractivity contribution in [3.05, 3.63) is 0 Å². The quantitative estimate of drug-likeness (QED) is 0.688. The van der Waals surface area contributed by atoms with Crippen LogP contribution in [0.1, 0.15) is 39.5 Å². The third-order valence-corrected chi connectivity index (χ3v) is 3.12. The zero-order valence-corrected chi connectivity index (χ0v) is 9.50. The summed E-state index contributed by atoms with van der Waals surface area (Å²) in [6.45, 7) is 8.07. The van der Waals surface area contributed by atoms with E-state index >= 15 is 0 Å². The molecule has 0 spiro atoms. The van der Waals surface area contributed by atoms with Crippen molar-refractivity contribution in [3.8, 4) is 6.07 Å². The van der Waals surface area contributed by atoms with Gasteiger partial charge in [-0.1, -0.05) is 20.3 Å². The summed E-state index contributed by atoms with van der Waals surface area (Å²) in [6.07, 6.45) is 4.78. The van der Waals surface area contributed by atoms with Gasteiger partial charge in [-0.25, -0.2) is 0 Å². The van der Waals surface area contributed by atoms with Gasteiger partial charge in [-0.05, 0) is 38.3 Å². The highest BCUT2D eigenvalue weighted by Gasteiger charge is 2.19. The molecule has 0 aromatic carbocycles. The number of hydrogen-bond donors (Lipinski definition) is 0. The van der Waals surface area contributed by atoms with Gasteiger partial charge >= 0.3 is 0 Å². The van der Waals surface area contributed by atoms with E-state index in [9.17, 15) is 0 Å². The van der Waals surface area contributed by atoms with E-state index in [1.54, 1.807) is 0 Å². The van der Waals surface area contributed by atoms with E-state index in [0.717, 1.165) is 31.8 Å². The fourth-order valence-electron chi connectivity index (χ4n) is 2.27. The number of hydrogen-bond acceptors (Lipinski definition) is 2. The zero-order valence-electron chi connectivity index (χ0n) is 9.50. The second-order valence-corrected chi connectivity index (χ2v) is 4.60. The van der Waals surface area contributed by atoms with Gasteiger partial charge < -0.3 is 4.90 Å². The van der Waals surface area contributed by atoms with E-state index in [2.05, 4.69) is 24.8 Å². The van der Waals surface area contributed by atoms with Crippen LogP contribution in [0.2, 0.25) is 0 Å². The summed E-state index contributed by atoms with van der Waals surface area (Å²) in [5.41, 5.74) is 0. The topological polar surface area (TPSA) is 27.0 Å². The van der Waals surface area contributed by atoms with Gasteiger partial charge in [0.2, 0.25) is 0 Å². The Labute approximate surface area is 87.9 Å². The molecule has 1 rings (SSSR count). The Morgan fingerprint density at radius 3 is 2.57 bits per heavy atom. The van der Waals surface area contributed by atoms with Crippen molar-refractivity contribution in [2.45, 2.75) is 39.5 Å². The lowest BCUT2D eigenvalue weighted by molar-refractivity contribution is 0.178. The molecule has 1 heterocycles. The number of rotatable bonds is 4. The van der Waals surface area contributed by atoms with Crippen LogP contribution in [-0.2, 0) is 0 Å². The van der Waals surface area contributed by atoms with Crippen molar-refractivity contribution < 1.29 is 0 Å². The van der Waals surface area contributed by atoms with E-state index in [0.29, 0.717) is 5.92 Å². The van der Waals surface area contributed by atoms with Crippen LogP contribution >= 0.6 is 0 Å². The molecule has 1 fully saturated rings. The highest BCUT2D eigenvalue weighted by atomic mass is 15.1. The summed E-state index contributed by atoms with van der Waals surface area (Å²) < 4.78 is 0. The van der Waals surface area contributed by atoms with Gasteiger partial charge in [0.1, 0.15) is 0 Å². The summed E-state index contributed by atoms with van der Waals surface area (Å²) in [5, 5.41) is 8.77. The van der Waals surface area contributed by atoms with Gasteiger partial charge in [-0.2, -0.15) is 5.26 Å². The Morgan fingerprint density at radius 2 is 2.07 bits per heavy atom. The number of piperidine rings is 1. The van der Waals surface area contributed by atoms with Crippen LogP contribution in [0.15, 0.2) is 0 Å². The third-order valence-electron chi connectivity index (χ3n) is 3.12. The predicted octanol–water partition coefficient (Wildman–Crippen LogP) is 2.66. The first kappa shape index (κ1) is 11.5. The average Bonchev–Trinajstić information content (AvgIpc) is 2.19. The standard InChI is InChI=1S/C12H22N2/c1-3-4-11(2)10-14-7-5-12(9-13)6-8-14/h11-12H,3-8,10H2,1-2H3. The first-order valence-electron chi connectivity index (χ1n) is 5.88. The lowest BCUT2D eigenvalue weighted by atomic mass is 9.97. The van der Waals surface area contributed by atoms with Crippen molar-refractivity contribution in [1.82, 2.24) is 4.90 Å². The maximum Gasteiger partial charge on any atom is 0.0656 e. The fourth-order valence-corrected chi connectivity index (χ4v) is 2.27. The fraction of sp³-hybridized carbons (Fsp3) is 0.917. The van der Waals surface area contributed by atoms with Crippen molar-refractivity contribution in [2.75, 3.05) is 19.6 Å². The second-order valence-electron chi connectivity index (χ2n) is 4.60. The lowest BCUT2D eigenvalue weighted by Crippen LogP contribution is -2.36. The van der Waals surface area contributed by atoms with Crippen molar-refractivity contribution in [3.63, 3.8) is 0 Å². The van der Waals surface area contributed by atoms with Crippen LogP contribution in [0.4, 0.5) is 0 Å². The number of nitriles is 1. The Kier molecular flexibility index (Phi) is 4.97. The van der Waals surface area contributed by atoms with E-state index < -0.39 is 0 Å². The monoisotopic (exact) mass is 194 g/mol. The smallest absolute Gasteiger partial charge is 0.0656 e. The summed E-state index contributed by atoms with van der Waals surface area (Å²) in [4.78, 5) is 2.52. The van der Waals surface area contributed by atoms with E-state index in [-0.39, 0.29) is 0 Å². The minimum absolute atomic E-state index is 0.327. The molecule has 0 aromatic heterocycles. The summed E-state index contributed by atoms with van der Waals surface area (Å²) >= 11 is 0. The molecule has 2 heteroatoms. The minimum Gasteiger partial charge on any atom is -0.303 e. The van der Waals surface area contributed by atoms with Gasteiger partial charge in [0.25, 0.3) is 0 Å². The molecule has 80 valence electrons. The highest BCUT2D eigenvalue weighted by Crippen LogP contribution is 2.18. The van der Waals surface area contributed by atoms with Gasteiger partial charge in [0.05, 0.1) is 6.07 Å². The first-order chi connectivity index (χ1) is 6.76. The van der Waals surface area contributed by atoms with Crippen LogP contribution in [0.3, 0.4) is 0 Å². The SMILES string of the molecule is CCCC(C)CN1CCC(C#N)CC1. The van der Waals surface area contributed by atoms with Gasteiger partial charge in [-0.3, -0.25) is 0 Å². The van der Waals surface area contributed by atoms with E-state index in [1.807, 2.05) is 0 Å². The summed E-state index contributed by atoms with van der Waals surface area (Å²) in [7, 11) is 0. The van der Waals surface area contributed by atoms with Gasteiger partial charge in [0, 0.05) is 12.5 Å². The molecule has 0 radical (unpaired) electrons. The van der Waals surface area contributed by atoms with Crippen LogP contribution in [0, 0.1) is 23.2 Å². The largest absolute Gasteiger partial charge is 0.303 e. The summed E-state index contributed by atoms with van der Waals surface area (Å²) in [6, 6.07) is 2.38. The van der Waals surface area contributed by atoms with Crippen LogP contribution in [0.25, 0.3) is 0 Å². The minimum atomic E-state index is 0.327. The molecule has 2 nitrogen and oxygen atoms in total. The van der Waals surface area contributed by atoms with Crippen molar-refractivity contribution in [2.24, 2.45) is 11.8 Å². The molecule has 1 aliphatic heterocycles. The normalized spacial score (nSPS) is 21.8. The zero-order chi connectivity index (χ0) is 10.4. The molecule has 1 atom stereocenters. The molecule has 0 saturated carbocycles. The Morgan fingerprint density at radius 1 is 1.43 bits per heavy atom. The number of nitrogens with zero attached hydrogens (tertiary/aromatic N) is 2. The van der Waals surface area contributed by atoms with Crippen LogP contribution in [-0.4, -0.2) is 24.5 Å². The Hall–Kier alpha value is -0.550. The Bertz CT molecular complexity index is 187. The molecule has 0 aliphatic carbocycles. The van der Waals surface area contributed by atoms with Gasteiger partial charge in [-0.15, -0.1) is 0 Å². The molecule has 1 saturated heterocycles. The van der Waals surface area contributed by atoms with Crippen LogP contribution < -0.4 is 0 Å². The van der Waals surface area contributed by atoms with Crippen LogP contribution in [0.5, 0.6) is 0 Å². The van der Waals surface area contributed by atoms with E-state index in [4.69, 9.17) is 5.26 Å². The average molecular weight is 194 g/mol. The lowest BCUT2D eigenvalue weighted by Gasteiger charge is -2.31. The molecule has 0 N–H and O–H groups in total. The molecule has 14 heavy (non-hydrogen) atoms. The molecular formula is C12H22N2. The maximum atomic E-state index is 8.77. The number of likely N-dealkylation sites (tertiary alicyclic amines) is 1. The molecule has 0 amide bonds. The molecular weight excluding hydrogens is 172 g/mol. The molecule has 0 bridgehead atoms. The van der Waals surface area contributed by atoms with Crippen molar-refractivity contribution >= 4 is 0 Å². The van der Waals surface area contributed by atoms with E-state index in [1.165, 1.54) is 19.4 Å². The Balaban J connectivity index is 2.19. The highest BCUT2D eigenvalue weighted by molar-refractivity contribution is 4.87. The molecule has 1 aliphatic rings. The van der Waals surface area contributed by atoms with Crippen molar-refractivity contribution in [1.29, 1.82) is 5.26 Å². The molecule has 0 aromatic rings. The second kappa shape index (κ2) is 6.03. The summed E-state index contributed by atoms with van der Waals surface area (Å²) in [5.74, 6) is 1.14. The van der Waals surface area contributed by atoms with Gasteiger partial charge in [0.15, 0.2) is 0 Å². The third kappa shape index (κ3) is 3.67. The molecule has 1 unspecified atom stereocenters. The predicted molar refractivity (Wildman–Crippen MR) is 58.8 cm³/mol. The maximum absolute atomic E-state index is 8.77.